The van der Waals surface area contributed by atoms with Crippen LogP contribution in [0.5, 0.6) is 11.6 Å². The van der Waals surface area contributed by atoms with Gasteiger partial charge in [0.15, 0.2) is 0 Å². The maximum Gasteiger partial charge on any atom is 0.219 e. The Kier molecular flexibility index (Phi) is 4.25. The standard InChI is InChI=1S/C14H15FN2O/c1-2-16-10-11-6-7-17-14(8-11)18-13-5-3-4-12(15)9-13/h3-9,16H,2,10H2,1H3. The minimum atomic E-state index is -0.323. The molecule has 0 spiro atoms. The number of nitrogens with zero attached hydrogens (tertiary/aromatic N) is 1. The molecule has 0 radical (unpaired) electrons. The highest BCUT2D eigenvalue weighted by molar-refractivity contribution is 5.29. The fourth-order valence-electron chi connectivity index (χ4n) is 1.54. The van der Waals surface area contributed by atoms with Crippen LogP contribution in [0.15, 0.2) is 42.6 Å². The summed E-state index contributed by atoms with van der Waals surface area (Å²) in [4.78, 5) is 4.10. The van der Waals surface area contributed by atoms with Gasteiger partial charge in [0.05, 0.1) is 0 Å². The van der Waals surface area contributed by atoms with Gasteiger partial charge in [-0.15, -0.1) is 0 Å². The maximum atomic E-state index is 13.0. The van der Waals surface area contributed by atoms with Crippen LogP contribution in [-0.4, -0.2) is 11.5 Å². The first-order chi connectivity index (χ1) is 8.78. The van der Waals surface area contributed by atoms with Gasteiger partial charge in [-0.1, -0.05) is 13.0 Å². The zero-order chi connectivity index (χ0) is 12.8. The maximum absolute atomic E-state index is 13.0. The molecule has 1 heterocycles. The number of hydrogen-bond donors (Lipinski definition) is 1. The number of hydrogen-bond acceptors (Lipinski definition) is 3. The number of aromatic nitrogens is 1. The van der Waals surface area contributed by atoms with Crippen LogP contribution < -0.4 is 10.1 Å². The van der Waals surface area contributed by atoms with Crippen molar-refractivity contribution in [2.75, 3.05) is 6.54 Å². The fourth-order valence-corrected chi connectivity index (χ4v) is 1.54. The van der Waals surface area contributed by atoms with Gasteiger partial charge < -0.3 is 10.1 Å². The first-order valence-corrected chi connectivity index (χ1v) is 5.87. The second-order valence-corrected chi connectivity index (χ2v) is 3.84. The molecule has 1 aromatic carbocycles. The van der Waals surface area contributed by atoms with Gasteiger partial charge in [0.1, 0.15) is 11.6 Å². The van der Waals surface area contributed by atoms with Gasteiger partial charge in [-0.25, -0.2) is 9.37 Å². The van der Waals surface area contributed by atoms with Crippen molar-refractivity contribution in [2.24, 2.45) is 0 Å². The summed E-state index contributed by atoms with van der Waals surface area (Å²) in [7, 11) is 0. The van der Waals surface area contributed by atoms with Crippen LogP contribution in [-0.2, 0) is 6.54 Å². The molecule has 94 valence electrons. The zero-order valence-electron chi connectivity index (χ0n) is 10.2. The zero-order valence-corrected chi connectivity index (χ0v) is 10.2. The van der Waals surface area contributed by atoms with Gasteiger partial charge >= 0.3 is 0 Å². The third kappa shape index (κ3) is 3.53. The summed E-state index contributed by atoms with van der Waals surface area (Å²) in [5, 5.41) is 3.22. The molecular weight excluding hydrogens is 231 g/mol. The van der Waals surface area contributed by atoms with Gasteiger partial charge in [0.25, 0.3) is 0 Å². The lowest BCUT2D eigenvalue weighted by molar-refractivity contribution is 0.457. The summed E-state index contributed by atoms with van der Waals surface area (Å²) in [5.41, 5.74) is 1.08. The fraction of sp³-hybridized carbons (Fsp3) is 0.214. The summed E-state index contributed by atoms with van der Waals surface area (Å²) >= 11 is 0. The first-order valence-electron chi connectivity index (χ1n) is 5.87. The largest absolute Gasteiger partial charge is 0.439 e. The Labute approximate surface area is 106 Å². The molecule has 0 unspecified atom stereocenters. The average molecular weight is 246 g/mol. The lowest BCUT2D eigenvalue weighted by Gasteiger charge is -2.07. The topological polar surface area (TPSA) is 34.2 Å². The van der Waals surface area contributed by atoms with Crippen LogP contribution in [0, 0.1) is 5.82 Å². The average Bonchev–Trinajstić information content (AvgIpc) is 2.37. The van der Waals surface area contributed by atoms with Crippen molar-refractivity contribution in [2.45, 2.75) is 13.5 Å². The quantitative estimate of drug-likeness (QED) is 0.880. The number of nitrogens with one attached hydrogen (secondary N) is 1. The van der Waals surface area contributed by atoms with Crippen molar-refractivity contribution in [3.63, 3.8) is 0 Å². The Bertz CT molecular complexity index is 517. The van der Waals surface area contributed by atoms with E-state index in [4.69, 9.17) is 4.74 Å². The molecule has 0 fully saturated rings. The predicted octanol–water partition coefficient (Wildman–Crippen LogP) is 3.12. The van der Waals surface area contributed by atoms with Crippen LogP contribution >= 0.6 is 0 Å². The summed E-state index contributed by atoms with van der Waals surface area (Å²) in [6.45, 7) is 3.71. The van der Waals surface area contributed by atoms with Gasteiger partial charge in [-0.3, -0.25) is 0 Å². The normalized spacial score (nSPS) is 10.3. The molecule has 0 bridgehead atoms. The molecule has 0 aliphatic rings. The van der Waals surface area contributed by atoms with Crippen molar-refractivity contribution >= 4 is 0 Å². The number of ether oxygens (including phenoxy) is 1. The Hall–Kier alpha value is -1.94. The minimum absolute atomic E-state index is 0.323. The van der Waals surface area contributed by atoms with E-state index in [-0.39, 0.29) is 5.82 Å². The molecule has 2 aromatic rings. The van der Waals surface area contributed by atoms with E-state index < -0.39 is 0 Å². The van der Waals surface area contributed by atoms with E-state index in [9.17, 15) is 4.39 Å². The van der Waals surface area contributed by atoms with Crippen LogP contribution in [0.1, 0.15) is 12.5 Å². The Balaban J connectivity index is 2.09. The highest BCUT2D eigenvalue weighted by Crippen LogP contribution is 2.20. The number of benzene rings is 1. The van der Waals surface area contributed by atoms with E-state index in [1.54, 1.807) is 18.3 Å². The van der Waals surface area contributed by atoms with Crippen molar-refractivity contribution in [1.29, 1.82) is 0 Å². The van der Waals surface area contributed by atoms with Crippen molar-refractivity contribution in [3.05, 3.63) is 54.0 Å². The lowest BCUT2D eigenvalue weighted by Crippen LogP contribution is -2.11. The SMILES string of the molecule is CCNCc1ccnc(Oc2cccc(F)c2)c1. The number of pyridine rings is 1. The molecule has 4 heteroatoms. The third-order valence-corrected chi connectivity index (χ3v) is 2.40. The van der Waals surface area contributed by atoms with E-state index in [0.29, 0.717) is 11.6 Å². The Morgan fingerprint density at radius 2 is 2.17 bits per heavy atom. The Morgan fingerprint density at radius 3 is 2.94 bits per heavy atom. The molecule has 0 saturated heterocycles. The highest BCUT2D eigenvalue weighted by atomic mass is 19.1. The van der Waals surface area contributed by atoms with Crippen LogP contribution in [0.25, 0.3) is 0 Å². The second-order valence-electron chi connectivity index (χ2n) is 3.84. The van der Waals surface area contributed by atoms with Gasteiger partial charge in [0, 0.05) is 24.9 Å². The molecule has 0 amide bonds. The second kappa shape index (κ2) is 6.12. The van der Waals surface area contributed by atoms with Crippen molar-refractivity contribution in [1.82, 2.24) is 10.3 Å². The smallest absolute Gasteiger partial charge is 0.219 e. The predicted molar refractivity (Wildman–Crippen MR) is 68.1 cm³/mol. The summed E-state index contributed by atoms with van der Waals surface area (Å²) in [5.74, 6) is 0.593. The molecule has 3 nitrogen and oxygen atoms in total. The molecule has 18 heavy (non-hydrogen) atoms. The highest BCUT2D eigenvalue weighted by Gasteiger charge is 2.01. The minimum Gasteiger partial charge on any atom is -0.439 e. The molecule has 0 saturated carbocycles. The molecule has 0 aliphatic heterocycles. The van der Waals surface area contributed by atoms with Gasteiger partial charge in [0.2, 0.25) is 5.88 Å². The summed E-state index contributed by atoms with van der Waals surface area (Å²) in [6.07, 6.45) is 1.68. The van der Waals surface area contributed by atoms with Crippen LogP contribution in [0.3, 0.4) is 0 Å². The van der Waals surface area contributed by atoms with Crippen molar-refractivity contribution < 1.29 is 9.13 Å². The molecular formula is C14H15FN2O. The monoisotopic (exact) mass is 246 g/mol. The van der Waals surface area contributed by atoms with Crippen molar-refractivity contribution in [3.8, 4) is 11.6 Å². The first kappa shape index (κ1) is 12.5. The van der Waals surface area contributed by atoms with E-state index in [1.807, 2.05) is 19.1 Å². The van der Waals surface area contributed by atoms with Gasteiger partial charge in [-0.05, 0) is 30.3 Å². The van der Waals surface area contributed by atoms with Crippen LogP contribution in [0.4, 0.5) is 4.39 Å². The number of halogens is 1. The summed E-state index contributed by atoms with van der Waals surface area (Å²) in [6, 6.07) is 9.77. The van der Waals surface area contributed by atoms with Gasteiger partial charge in [-0.2, -0.15) is 0 Å². The summed E-state index contributed by atoms with van der Waals surface area (Å²) < 4.78 is 18.5. The van der Waals surface area contributed by atoms with E-state index in [0.717, 1.165) is 18.7 Å². The third-order valence-electron chi connectivity index (χ3n) is 2.40. The van der Waals surface area contributed by atoms with E-state index >= 15 is 0 Å². The molecule has 2 rings (SSSR count). The molecule has 1 N–H and O–H groups in total. The Morgan fingerprint density at radius 1 is 1.28 bits per heavy atom. The number of rotatable bonds is 5. The van der Waals surface area contributed by atoms with Crippen LogP contribution in [0.2, 0.25) is 0 Å². The lowest BCUT2D eigenvalue weighted by atomic mass is 10.2. The van der Waals surface area contributed by atoms with E-state index in [2.05, 4.69) is 10.3 Å². The van der Waals surface area contributed by atoms with E-state index in [1.165, 1.54) is 12.1 Å². The molecule has 0 aliphatic carbocycles. The molecule has 0 atom stereocenters. The molecule has 1 aromatic heterocycles.